The molecule has 0 aliphatic carbocycles. The standard InChI is InChI=1S/C14H20BrNO/c1-14(7-4-8-17-14)13(16-2)10-11-5-3-6-12(15)9-11/h3,5-6,9,13,16H,4,7-8,10H2,1-2H3. The van der Waals surface area contributed by atoms with Crippen LogP contribution in [0.1, 0.15) is 25.3 Å². The van der Waals surface area contributed by atoms with Gasteiger partial charge in [0.15, 0.2) is 0 Å². The minimum absolute atomic E-state index is 0.0168. The Bertz CT molecular complexity index is 374. The minimum Gasteiger partial charge on any atom is -0.374 e. The van der Waals surface area contributed by atoms with Gasteiger partial charge in [-0.1, -0.05) is 28.1 Å². The molecule has 17 heavy (non-hydrogen) atoms. The van der Waals surface area contributed by atoms with Gasteiger partial charge in [-0.25, -0.2) is 0 Å². The first-order valence-corrected chi connectivity index (χ1v) is 6.99. The van der Waals surface area contributed by atoms with Crippen LogP contribution >= 0.6 is 15.9 Å². The summed E-state index contributed by atoms with van der Waals surface area (Å²) in [4.78, 5) is 0. The van der Waals surface area contributed by atoms with Crippen molar-refractivity contribution in [3.63, 3.8) is 0 Å². The molecule has 0 aromatic heterocycles. The second kappa shape index (κ2) is 5.51. The lowest BCUT2D eigenvalue weighted by molar-refractivity contribution is -0.00943. The van der Waals surface area contributed by atoms with Gasteiger partial charge in [-0.3, -0.25) is 0 Å². The highest BCUT2D eigenvalue weighted by Gasteiger charge is 2.37. The van der Waals surface area contributed by atoms with Crippen molar-refractivity contribution < 1.29 is 4.74 Å². The topological polar surface area (TPSA) is 21.3 Å². The third kappa shape index (κ3) is 3.09. The Labute approximate surface area is 112 Å². The van der Waals surface area contributed by atoms with Crippen LogP contribution < -0.4 is 5.32 Å². The van der Waals surface area contributed by atoms with E-state index in [4.69, 9.17) is 4.74 Å². The molecule has 2 atom stereocenters. The number of ether oxygens (including phenoxy) is 1. The molecule has 0 bridgehead atoms. The van der Waals surface area contributed by atoms with Crippen molar-refractivity contribution in [1.82, 2.24) is 5.32 Å². The Kier molecular flexibility index (Phi) is 4.23. The molecule has 0 saturated carbocycles. The van der Waals surface area contributed by atoms with Gasteiger partial charge in [0.05, 0.1) is 5.60 Å². The number of hydrogen-bond donors (Lipinski definition) is 1. The molecule has 0 radical (unpaired) electrons. The Morgan fingerprint density at radius 1 is 1.53 bits per heavy atom. The number of halogens is 1. The first-order valence-electron chi connectivity index (χ1n) is 6.20. The summed E-state index contributed by atoms with van der Waals surface area (Å²) in [5.74, 6) is 0. The number of nitrogens with one attached hydrogen (secondary N) is 1. The smallest absolute Gasteiger partial charge is 0.0810 e. The van der Waals surface area contributed by atoms with E-state index in [9.17, 15) is 0 Å². The first kappa shape index (κ1) is 13.1. The molecule has 2 rings (SSSR count). The van der Waals surface area contributed by atoms with Crippen molar-refractivity contribution in [3.8, 4) is 0 Å². The largest absolute Gasteiger partial charge is 0.374 e. The predicted molar refractivity (Wildman–Crippen MR) is 74.3 cm³/mol. The van der Waals surface area contributed by atoms with Gasteiger partial charge in [0.1, 0.15) is 0 Å². The summed E-state index contributed by atoms with van der Waals surface area (Å²) in [6.07, 6.45) is 3.33. The lowest BCUT2D eigenvalue weighted by atomic mass is 9.88. The second-order valence-electron chi connectivity index (χ2n) is 4.94. The van der Waals surface area contributed by atoms with Crippen LogP contribution in [0.4, 0.5) is 0 Å². The lowest BCUT2D eigenvalue weighted by Gasteiger charge is -2.33. The van der Waals surface area contributed by atoms with E-state index in [2.05, 4.69) is 52.4 Å². The van der Waals surface area contributed by atoms with Gasteiger partial charge < -0.3 is 10.1 Å². The zero-order chi connectivity index (χ0) is 12.3. The fourth-order valence-electron chi connectivity index (χ4n) is 2.60. The molecular weight excluding hydrogens is 278 g/mol. The van der Waals surface area contributed by atoms with E-state index in [1.165, 1.54) is 12.0 Å². The molecule has 94 valence electrons. The fourth-order valence-corrected chi connectivity index (χ4v) is 3.05. The first-order chi connectivity index (χ1) is 8.14. The van der Waals surface area contributed by atoms with E-state index in [1.807, 2.05) is 7.05 Å². The van der Waals surface area contributed by atoms with Gasteiger partial charge in [0, 0.05) is 17.1 Å². The van der Waals surface area contributed by atoms with E-state index in [-0.39, 0.29) is 5.60 Å². The van der Waals surface area contributed by atoms with Gasteiger partial charge in [-0.05, 0) is 50.9 Å². The highest BCUT2D eigenvalue weighted by Crippen LogP contribution is 2.30. The zero-order valence-corrected chi connectivity index (χ0v) is 12.1. The summed E-state index contributed by atoms with van der Waals surface area (Å²) >= 11 is 3.52. The van der Waals surface area contributed by atoms with Crippen LogP contribution in [0.3, 0.4) is 0 Å². The average Bonchev–Trinajstić information content (AvgIpc) is 2.74. The maximum atomic E-state index is 5.92. The van der Waals surface area contributed by atoms with Crippen LogP contribution in [0.25, 0.3) is 0 Å². The van der Waals surface area contributed by atoms with Crippen molar-refractivity contribution in [2.45, 2.75) is 37.8 Å². The zero-order valence-electron chi connectivity index (χ0n) is 10.5. The Balaban J connectivity index is 2.09. The summed E-state index contributed by atoms with van der Waals surface area (Å²) in [5.41, 5.74) is 1.33. The van der Waals surface area contributed by atoms with Crippen LogP contribution in [0, 0.1) is 0 Å². The number of likely N-dealkylation sites (N-methyl/N-ethyl adjacent to an activating group) is 1. The molecule has 1 heterocycles. The Morgan fingerprint density at radius 3 is 2.94 bits per heavy atom. The maximum Gasteiger partial charge on any atom is 0.0810 e. The van der Waals surface area contributed by atoms with Crippen LogP contribution in [-0.2, 0) is 11.2 Å². The summed E-state index contributed by atoms with van der Waals surface area (Å²) in [5, 5.41) is 3.41. The summed E-state index contributed by atoms with van der Waals surface area (Å²) in [6.45, 7) is 3.12. The highest BCUT2D eigenvalue weighted by molar-refractivity contribution is 9.10. The SMILES string of the molecule is CNC(Cc1cccc(Br)c1)C1(C)CCCO1. The molecule has 1 N–H and O–H groups in total. The van der Waals surface area contributed by atoms with Crippen molar-refractivity contribution in [2.75, 3.05) is 13.7 Å². The van der Waals surface area contributed by atoms with E-state index >= 15 is 0 Å². The van der Waals surface area contributed by atoms with Gasteiger partial charge in [0.25, 0.3) is 0 Å². The molecule has 1 aliphatic rings. The van der Waals surface area contributed by atoms with E-state index in [0.717, 1.165) is 23.9 Å². The molecule has 2 unspecified atom stereocenters. The van der Waals surface area contributed by atoms with E-state index in [1.54, 1.807) is 0 Å². The van der Waals surface area contributed by atoms with Crippen molar-refractivity contribution in [3.05, 3.63) is 34.3 Å². The monoisotopic (exact) mass is 297 g/mol. The predicted octanol–water partition coefficient (Wildman–Crippen LogP) is 3.15. The van der Waals surface area contributed by atoms with Crippen LogP contribution in [0.15, 0.2) is 28.7 Å². The molecule has 1 aromatic carbocycles. The third-order valence-electron chi connectivity index (χ3n) is 3.66. The normalized spacial score (nSPS) is 26.1. The van der Waals surface area contributed by atoms with Crippen LogP contribution in [0.5, 0.6) is 0 Å². The van der Waals surface area contributed by atoms with Crippen molar-refractivity contribution in [2.24, 2.45) is 0 Å². The number of rotatable bonds is 4. The minimum atomic E-state index is -0.0168. The maximum absolute atomic E-state index is 5.92. The Hall–Kier alpha value is -0.380. The molecule has 1 aliphatic heterocycles. The number of benzene rings is 1. The van der Waals surface area contributed by atoms with E-state index < -0.39 is 0 Å². The fraction of sp³-hybridized carbons (Fsp3) is 0.571. The van der Waals surface area contributed by atoms with Gasteiger partial charge in [-0.15, -0.1) is 0 Å². The molecule has 2 nitrogen and oxygen atoms in total. The third-order valence-corrected chi connectivity index (χ3v) is 4.16. The van der Waals surface area contributed by atoms with Gasteiger partial charge in [-0.2, -0.15) is 0 Å². The highest BCUT2D eigenvalue weighted by atomic mass is 79.9. The molecule has 0 spiro atoms. The molecule has 0 amide bonds. The average molecular weight is 298 g/mol. The van der Waals surface area contributed by atoms with E-state index in [0.29, 0.717) is 6.04 Å². The summed E-state index contributed by atoms with van der Waals surface area (Å²) in [6, 6.07) is 8.88. The quantitative estimate of drug-likeness (QED) is 0.922. The van der Waals surface area contributed by atoms with Gasteiger partial charge >= 0.3 is 0 Å². The Morgan fingerprint density at radius 2 is 2.35 bits per heavy atom. The van der Waals surface area contributed by atoms with Crippen LogP contribution in [-0.4, -0.2) is 25.3 Å². The number of hydrogen-bond acceptors (Lipinski definition) is 2. The summed E-state index contributed by atoms with van der Waals surface area (Å²) < 4.78 is 7.06. The lowest BCUT2D eigenvalue weighted by Crippen LogP contribution is -2.48. The molecule has 3 heteroatoms. The molecule has 1 aromatic rings. The van der Waals surface area contributed by atoms with Gasteiger partial charge in [0.2, 0.25) is 0 Å². The second-order valence-corrected chi connectivity index (χ2v) is 5.86. The van der Waals surface area contributed by atoms with Crippen molar-refractivity contribution >= 4 is 15.9 Å². The molecule has 1 fully saturated rings. The van der Waals surface area contributed by atoms with Crippen LogP contribution in [0.2, 0.25) is 0 Å². The summed E-state index contributed by atoms with van der Waals surface area (Å²) in [7, 11) is 2.02. The molecular formula is C14H20BrNO. The molecule has 1 saturated heterocycles. The van der Waals surface area contributed by atoms with Crippen molar-refractivity contribution in [1.29, 1.82) is 0 Å².